The lowest BCUT2D eigenvalue weighted by Crippen LogP contribution is -2.40. The first-order valence-electron chi connectivity index (χ1n) is 8.93. The molecule has 0 radical (unpaired) electrons. The molecule has 5 nitrogen and oxygen atoms in total. The van der Waals surface area contributed by atoms with Gasteiger partial charge < -0.3 is 9.47 Å². The van der Waals surface area contributed by atoms with E-state index in [0.717, 1.165) is 37.3 Å². The summed E-state index contributed by atoms with van der Waals surface area (Å²) < 4.78 is 2.26. The molecule has 0 atom stereocenters. The second-order valence-corrected chi connectivity index (χ2v) is 7.15. The van der Waals surface area contributed by atoms with E-state index in [2.05, 4.69) is 33.8 Å². The first-order valence-corrected chi connectivity index (χ1v) is 8.93. The number of carbonyl (C=O) groups excluding carboxylic acids is 1. The summed E-state index contributed by atoms with van der Waals surface area (Å²) in [4.78, 5) is 14.6. The van der Waals surface area contributed by atoms with Crippen molar-refractivity contribution in [2.24, 2.45) is 0 Å². The van der Waals surface area contributed by atoms with Crippen molar-refractivity contribution in [2.45, 2.75) is 51.0 Å². The Kier molecular flexibility index (Phi) is 4.08. The number of carbonyl (C=O) groups is 1. The summed E-state index contributed by atoms with van der Waals surface area (Å²) >= 11 is 0. The van der Waals surface area contributed by atoms with Gasteiger partial charge in [-0.25, -0.2) is 0 Å². The van der Waals surface area contributed by atoms with E-state index >= 15 is 0 Å². The zero-order valence-corrected chi connectivity index (χ0v) is 14.2. The van der Waals surface area contributed by atoms with Gasteiger partial charge in [0.05, 0.1) is 6.42 Å². The Labute approximate surface area is 142 Å². The lowest BCUT2D eigenvalue weighted by atomic mass is 10.0. The van der Waals surface area contributed by atoms with Gasteiger partial charge in [-0.1, -0.05) is 29.8 Å². The van der Waals surface area contributed by atoms with Crippen molar-refractivity contribution in [3.63, 3.8) is 0 Å². The smallest absolute Gasteiger partial charge is 0.226 e. The molecule has 1 amide bonds. The highest BCUT2D eigenvalue weighted by Gasteiger charge is 2.32. The van der Waals surface area contributed by atoms with Crippen LogP contribution in [0.5, 0.6) is 0 Å². The van der Waals surface area contributed by atoms with Gasteiger partial charge >= 0.3 is 0 Å². The molecule has 0 bridgehead atoms. The number of nitrogens with zero attached hydrogens (tertiary/aromatic N) is 4. The number of aryl methyl sites for hydroxylation is 1. The van der Waals surface area contributed by atoms with Crippen LogP contribution >= 0.6 is 0 Å². The van der Waals surface area contributed by atoms with E-state index in [-0.39, 0.29) is 5.91 Å². The van der Waals surface area contributed by atoms with Crippen LogP contribution in [0.2, 0.25) is 0 Å². The van der Waals surface area contributed by atoms with E-state index in [0.29, 0.717) is 18.4 Å². The Bertz CT molecular complexity index is 726. The minimum atomic E-state index is 0.241. The van der Waals surface area contributed by atoms with Crippen LogP contribution in [-0.2, 0) is 11.2 Å². The van der Waals surface area contributed by atoms with Crippen LogP contribution in [-0.4, -0.2) is 38.7 Å². The summed E-state index contributed by atoms with van der Waals surface area (Å²) in [6.07, 6.45) is 6.86. The normalized spacial score (nSPS) is 18.8. The zero-order chi connectivity index (χ0) is 16.5. The molecule has 2 heterocycles. The van der Waals surface area contributed by atoms with Crippen LogP contribution in [0.1, 0.15) is 54.6 Å². The summed E-state index contributed by atoms with van der Waals surface area (Å²) in [5.74, 6) is 2.01. The number of hydrogen-bond donors (Lipinski definition) is 0. The molecule has 0 N–H and O–H groups in total. The van der Waals surface area contributed by atoms with E-state index in [1.165, 1.54) is 18.4 Å². The highest BCUT2D eigenvalue weighted by Crippen LogP contribution is 2.40. The number of aromatic nitrogens is 3. The van der Waals surface area contributed by atoms with Crippen LogP contribution < -0.4 is 0 Å². The molecule has 1 saturated heterocycles. The molecular weight excluding hydrogens is 300 g/mol. The largest absolute Gasteiger partial charge is 0.342 e. The molecule has 4 rings (SSSR count). The van der Waals surface area contributed by atoms with Crippen molar-refractivity contribution >= 4 is 5.91 Å². The number of likely N-dealkylation sites (tertiary alicyclic amines) is 1. The van der Waals surface area contributed by atoms with Gasteiger partial charge in [0.15, 0.2) is 0 Å². The van der Waals surface area contributed by atoms with Crippen LogP contribution in [0.4, 0.5) is 0 Å². The zero-order valence-electron chi connectivity index (χ0n) is 14.2. The molecule has 1 saturated carbocycles. The Morgan fingerprint density at radius 1 is 1.21 bits per heavy atom. The van der Waals surface area contributed by atoms with Crippen LogP contribution in [0.25, 0.3) is 0 Å². The molecular formula is C19H24N4O. The minimum absolute atomic E-state index is 0.241. The van der Waals surface area contributed by atoms with E-state index in [4.69, 9.17) is 0 Å². The first-order chi connectivity index (χ1) is 11.7. The van der Waals surface area contributed by atoms with E-state index in [1.54, 1.807) is 0 Å². The van der Waals surface area contributed by atoms with Crippen molar-refractivity contribution in [1.29, 1.82) is 0 Å². The van der Waals surface area contributed by atoms with Crippen LogP contribution in [0, 0.1) is 6.92 Å². The van der Waals surface area contributed by atoms with Gasteiger partial charge in [-0.15, -0.1) is 10.2 Å². The van der Waals surface area contributed by atoms with E-state index in [9.17, 15) is 4.79 Å². The quantitative estimate of drug-likeness (QED) is 0.869. The van der Waals surface area contributed by atoms with Gasteiger partial charge in [-0.05, 0) is 38.2 Å². The predicted molar refractivity (Wildman–Crippen MR) is 91.7 cm³/mol. The highest BCUT2D eigenvalue weighted by atomic mass is 16.2. The second kappa shape index (κ2) is 6.38. The molecule has 1 aromatic carbocycles. The fourth-order valence-electron chi connectivity index (χ4n) is 3.67. The maximum absolute atomic E-state index is 12.6. The molecule has 1 aliphatic heterocycles. The van der Waals surface area contributed by atoms with Gasteiger partial charge in [-0.2, -0.15) is 0 Å². The Balaban J connectivity index is 1.35. The number of hydrogen-bond acceptors (Lipinski definition) is 3. The fraction of sp³-hybridized carbons (Fsp3) is 0.526. The molecule has 1 aliphatic carbocycles. The van der Waals surface area contributed by atoms with Gasteiger partial charge in [0.2, 0.25) is 5.91 Å². The lowest BCUT2D eigenvalue weighted by molar-refractivity contribution is -0.131. The van der Waals surface area contributed by atoms with Gasteiger partial charge in [0, 0.05) is 25.0 Å². The average Bonchev–Trinajstić information content (AvgIpc) is 3.32. The minimum Gasteiger partial charge on any atom is -0.342 e. The monoisotopic (exact) mass is 324 g/mol. The maximum Gasteiger partial charge on any atom is 0.226 e. The molecule has 0 spiro atoms. The average molecular weight is 324 g/mol. The fourth-order valence-corrected chi connectivity index (χ4v) is 3.67. The third kappa shape index (κ3) is 3.21. The molecule has 2 fully saturated rings. The van der Waals surface area contributed by atoms with Gasteiger partial charge in [-0.3, -0.25) is 4.79 Å². The maximum atomic E-state index is 12.6. The SMILES string of the molecule is Cc1cccc(CC(=O)N2CCC(n3cnnc3C3CC3)CC2)c1. The molecule has 24 heavy (non-hydrogen) atoms. The highest BCUT2D eigenvalue weighted by molar-refractivity contribution is 5.78. The number of benzene rings is 1. The standard InChI is InChI=1S/C19H24N4O/c1-14-3-2-4-15(11-14)12-18(24)22-9-7-17(8-10-22)23-13-20-21-19(23)16-5-6-16/h2-4,11,13,16-17H,5-10,12H2,1H3. The summed E-state index contributed by atoms with van der Waals surface area (Å²) in [5, 5.41) is 8.41. The molecule has 5 heteroatoms. The Morgan fingerprint density at radius 3 is 2.71 bits per heavy atom. The summed E-state index contributed by atoms with van der Waals surface area (Å²) in [6, 6.07) is 8.67. The second-order valence-electron chi connectivity index (χ2n) is 7.15. The summed E-state index contributed by atoms with van der Waals surface area (Å²) in [6.45, 7) is 3.73. The lowest BCUT2D eigenvalue weighted by Gasteiger charge is -2.33. The molecule has 0 unspecified atom stereocenters. The third-order valence-corrected chi connectivity index (χ3v) is 5.19. The number of piperidine rings is 1. The van der Waals surface area contributed by atoms with E-state index < -0.39 is 0 Å². The molecule has 2 aliphatic rings. The molecule has 2 aromatic rings. The van der Waals surface area contributed by atoms with Gasteiger partial charge in [0.25, 0.3) is 0 Å². The predicted octanol–water partition coefficient (Wildman–Crippen LogP) is 2.87. The van der Waals surface area contributed by atoms with Gasteiger partial charge in [0.1, 0.15) is 12.2 Å². The number of rotatable bonds is 4. The topological polar surface area (TPSA) is 51.0 Å². The van der Waals surface area contributed by atoms with Crippen molar-refractivity contribution < 1.29 is 4.79 Å². The summed E-state index contributed by atoms with van der Waals surface area (Å²) in [7, 11) is 0. The first kappa shape index (κ1) is 15.4. The third-order valence-electron chi connectivity index (χ3n) is 5.19. The Hall–Kier alpha value is -2.17. The summed E-state index contributed by atoms with van der Waals surface area (Å²) in [5.41, 5.74) is 2.32. The number of amides is 1. The van der Waals surface area contributed by atoms with Crippen LogP contribution in [0.3, 0.4) is 0 Å². The van der Waals surface area contributed by atoms with Crippen molar-refractivity contribution in [1.82, 2.24) is 19.7 Å². The van der Waals surface area contributed by atoms with Crippen molar-refractivity contribution in [3.05, 3.63) is 47.5 Å². The van der Waals surface area contributed by atoms with Crippen molar-refractivity contribution in [2.75, 3.05) is 13.1 Å². The van der Waals surface area contributed by atoms with Crippen LogP contribution in [0.15, 0.2) is 30.6 Å². The van der Waals surface area contributed by atoms with Crippen molar-refractivity contribution in [3.8, 4) is 0 Å². The molecule has 1 aromatic heterocycles. The molecule has 126 valence electrons. The Morgan fingerprint density at radius 2 is 2.00 bits per heavy atom. The van der Waals surface area contributed by atoms with E-state index in [1.807, 2.05) is 23.4 Å².